The third-order valence-electron chi connectivity index (χ3n) is 3.81. The highest BCUT2D eigenvalue weighted by molar-refractivity contribution is 5.91. The highest BCUT2D eigenvalue weighted by Crippen LogP contribution is 2.20. The van der Waals surface area contributed by atoms with Crippen molar-refractivity contribution in [2.45, 2.75) is 39.2 Å². The fourth-order valence-electron chi connectivity index (χ4n) is 2.52. The molecule has 2 unspecified atom stereocenters. The van der Waals surface area contributed by atoms with Crippen LogP contribution < -0.4 is 10.6 Å². The molecule has 1 amide bonds. The fourth-order valence-corrected chi connectivity index (χ4v) is 2.52. The van der Waals surface area contributed by atoms with Crippen molar-refractivity contribution in [2.24, 2.45) is 5.92 Å². The number of benzene rings is 1. The van der Waals surface area contributed by atoms with Crippen LogP contribution in [-0.2, 0) is 4.79 Å². The SMILES string of the molecule is Cc1ccc(F)cc1NC(=O)CC1NCCCC1C. The summed E-state index contributed by atoms with van der Waals surface area (Å²) in [7, 11) is 0. The molecule has 0 saturated carbocycles. The molecule has 3 nitrogen and oxygen atoms in total. The second-order valence-electron chi connectivity index (χ2n) is 5.39. The zero-order valence-electron chi connectivity index (χ0n) is 11.5. The molecule has 1 heterocycles. The molecule has 1 aromatic carbocycles. The van der Waals surface area contributed by atoms with Gasteiger partial charge >= 0.3 is 0 Å². The molecular weight excluding hydrogens is 243 g/mol. The summed E-state index contributed by atoms with van der Waals surface area (Å²) >= 11 is 0. The van der Waals surface area contributed by atoms with Crippen LogP contribution >= 0.6 is 0 Å². The Morgan fingerprint density at radius 3 is 3.05 bits per heavy atom. The molecule has 19 heavy (non-hydrogen) atoms. The van der Waals surface area contributed by atoms with Crippen molar-refractivity contribution in [3.8, 4) is 0 Å². The van der Waals surface area contributed by atoms with Gasteiger partial charge in [0.25, 0.3) is 0 Å². The Morgan fingerprint density at radius 2 is 2.32 bits per heavy atom. The maximum absolute atomic E-state index is 13.2. The number of aryl methyl sites for hydroxylation is 1. The Morgan fingerprint density at radius 1 is 1.53 bits per heavy atom. The highest BCUT2D eigenvalue weighted by Gasteiger charge is 2.23. The number of piperidine rings is 1. The van der Waals surface area contributed by atoms with E-state index in [9.17, 15) is 9.18 Å². The van der Waals surface area contributed by atoms with Crippen LogP contribution in [0.5, 0.6) is 0 Å². The molecule has 4 heteroatoms. The van der Waals surface area contributed by atoms with E-state index in [0.717, 1.165) is 18.5 Å². The summed E-state index contributed by atoms with van der Waals surface area (Å²) in [5.74, 6) is 0.123. The van der Waals surface area contributed by atoms with Crippen molar-refractivity contribution in [2.75, 3.05) is 11.9 Å². The van der Waals surface area contributed by atoms with Crippen LogP contribution in [0.4, 0.5) is 10.1 Å². The van der Waals surface area contributed by atoms with Crippen molar-refractivity contribution >= 4 is 11.6 Å². The molecule has 0 bridgehead atoms. The van der Waals surface area contributed by atoms with Gasteiger partial charge in [-0.05, 0) is 49.9 Å². The summed E-state index contributed by atoms with van der Waals surface area (Å²) in [6, 6.07) is 4.66. The first-order valence-electron chi connectivity index (χ1n) is 6.85. The topological polar surface area (TPSA) is 41.1 Å². The van der Waals surface area contributed by atoms with Gasteiger partial charge in [-0.3, -0.25) is 4.79 Å². The standard InChI is InChI=1S/C15H21FN2O/c1-10-4-3-7-17-13(10)9-15(19)18-14-8-12(16)6-5-11(14)2/h5-6,8,10,13,17H,3-4,7,9H2,1-2H3,(H,18,19). The van der Waals surface area contributed by atoms with Crippen LogP contribution in [0.15, 0.2) is 18.2 Å². The number of anilines is 1. The molecule has 1 saturated heterocycles. The lowest BCUT2D eigenvalue weighted by molar-refractivity contribution is -0.117. The molecule has 1 fully saturated rings. The first kappa shape index (κ1) is 14.0. The van der Waals surface area contributed by atoms with Gasteiger partial charge in [-0.25, -0.2) is 4.39 Å². The number of carbonyl (C=O) groups excluding carboxylic acids is 1. The zero-order valence-corrected chi connectivity index (χ0v) is 11.5. The molecule has 0 aromatic heterocycles. The van der Waals surface area contributed by atoms with Crippen LogP contribution in [0, 0.1) is 18.7 Å². The molecule has 1 aliphatic rings. The van der Waals surface area contributed by atoms with Gasteiger partial charge in [0.2, 0.25) is 5.91 Å². The minimum atomic E-state index is -0.329. The van der Waals surface area contributed by atoms with Gasteiger partial charge in [-0.2, -0.15) is 0 Å². The highest BCUT2D eigenvalue weighted by atomic mass is 19.1. The molecule has 0 radical (unpaired) electrons. The fraction of sp³-hybridized carbons (Fsp3) is 0.533. The normalized spacial score (nSPS) is 23.1. The Hall–Kier alpha value is -1.42. The third kappa shape index (κ3) is 3.77. The summed E-state index contributed by atoms with van der Waals surface area (Å²) in [6.45, 7) is 5.00. The van der Waals surface area contributed by atoms with Crippen LogP contribution in [0.1, 0.15) is 31.7 Å². The predicted molar refractivity (Wildman–Crippen MR) is 74.6 cm³/mol. The summed E-state index contributed by atoms with van der Waals surface area (Å²) in [4.78, 5) is 12.0. The Balaban J connectivity index is 1.95. The van der Waals surface area contributed by atoms with Gasteiger partial charge in [0.05, 0.1) is 0 Å². The molecule has 2 atom stereocenters. The van der Waals surface area contributed by atoms with Gasteiger partial charge in [0.1, 0.15) is 5.82 Å². The average molecular weight is 264 g/mol. The summed E-state index contributed by atoms with van der Waals surface area (Å²) in [5.41, 5.74) is 1.44. The number of carbonyl (C=O) groups is 1. The lowest BCUT2D eigenvalue weighted by Gasteiger charge is -2.29. The predicted octanol–water partition coefficient (Wildman–Crippen LogP) is 2.85. The van der Waals surface area contributed by atoms with Crippen LogP contribution in [0.2, 0.25) is 0 Å². The van der Waals surface area contributed by atoms with Gasteiger partial charge in [-0.1, -0.05) is 13.0 Å². The molecular formula is C15H21FN2O. The van der Waals surface area contributed by atoms with Crippen molar-refractivity contribution in [1.82, 2.24) is 5.32 Å². The van der Waals surface area contributed by atoms with Gasteiger partial charge in [0, 0.05) is 18.2 Å². The molecule has 0 spiro atoms. The van der Waals surface area contributed by atoms with E-state index in [1.165, 1.54) is 18.6 Å². The molecule has 2 N–H and O–H groups in total. The van der Waals surface area contributed by atoms with E-state index in [4.69, 9.17) is 0 Å². The molecule has 0 aliphatic carbocycles. The van der Waals surface area contributed by atoms with E-state index in [2.05, 4.69) is 17.6 Å². The first-order valence-corrected chi connectivity index (χ1v) is 6.85. The first-order chi connectivity index (χ1) is 9.06. The minimum Gasteiger partial charge on any atom is -0.326 e. The summed E-state index contributed by atoms with van der Waals surface area (Å²) in [5, 5.41) is 6.18. The van der Waals surface area contributed by atoms with Crippen LogP contribution in [0.3, 0.4) is 0 Å². The monoisotopic (exact) mass is 264 g/mol. The van der Waals surface area contributed by atoms with Gasteiger partial charge in [-0.15, -0.1) is 0 Å². The quantitative estimate of drug-likeness (QED) is 0.881. The number of halogens is 1. The van der Waals surface area contributed by atoms with E-state index in [1.807, 2.05) is 6.92 Å². The van der Waals surface area contributed by atoms with Crippen molar-refractivity contribution < 1.29 is 9.18 Å². The van der Waals surface area contributed by atoms with Crippen molar-refractivity contribution in [3.05, 3.63) is 29.6 Å². The molecule has 104 valence electrons. The third-order valence-corrected chi connectivity index (χ3v) is 3.81. The Kier molecular flexibility index (Phi) is 4.53. The van der Waals surface area contributed by atoms with E-state index < -0.39 is 0 Å². The molecule has 1 aromatic rings. The van der Waals surface area contributed by atoms with Crippen molar-refractivity contribution in [1.29, 1.82) is 0 Å². The Labute approximate surface area is 113 Å². The van der Waals surface area contributed by atoms with E-state index in [0.29, 0.717) is 18.0 Å². The zero-order chi connectivity index (χ0) is 13.8. The molecule has 2 rings (SSSR count). The van der Waals surface area contributed by atoms with E-state index in [-0.39, 0.29) is 17.8 Å². The number of rotatable bonds is 3. The second kappa shape index (κ2) is 6.15. The lowest BCUT2D eigenvalue weighted by Crippen LogP contribution is -2.42. The second-order valence-corrected chi connectivity index (χ2v) is 5.39. The minimum absolute atomic E-state index is 0.0556. The average Bonchev–Trinajstić information content (AvgIpc) is 2.37. The van der Waals surface area contributed by atoms with Crippen LogP contribution in [-0.4, -0.2) is 18.5 Å². The largest absolute Gasteiger partial charge is 0.326 e. The van der Waals surface area contributed by atoms with Crippen LogP contribution in [0.25, 0.3) is 0 Å². The summed E-state index contributed by atoms with van der Waals surface area (Å²) in [6.07, 6.45) is 2.77. The smallest absolute Gasteiger partial charge is 0.225 e. The van der Waals surface area contributed by atoms with Gasteiger partial charge < -0.3 is 10.6 Å². The molecule has 1 aliphatic heterocycles. The number of hydrogen-bond donors (Lipinski definition) is 2. The number of amides is 1. The van der Waals surface area contributed by atoms with Crippen molar-refractivity contribution in [3.63, 3.8) is 0 Å². The Bertz CT molecular complexity index is 461. The van der Waals surface area contributed by atoms with E-state index >= 15 is 0 Å². The maximum Gasteiger partial charge on any atom is 0.225 e. The lowest BCUT2D eigenvalue weighted by atomic mass is 9.90. The number of nitrogens with one attached hydrogen (secondary N) is 2. The van der Waals surface area contributed by atoms with Gasteiger partial charge in [0.15, 0.2) is 0 Å². The van der Waals surface area contributed by atoms with E-state index in [1.54, 1.807) is 6.07 Å². The maximum atomic E-state index is 13.2. The summed E-state index contributed by atoms with van der Waals surface area (Å²) < 4.78 is 13.2. The number of hydrogen-bond acceptors (Lipinski definition) is 2.